The van der Waals surface area contributed by atoms with Crippen LogP contribution in [0, 0.1) is 3.57 Å². The Labute approximate surface area is 169 Å². The molecule has 1 amide bonds. The lowest BCUT2D eigenvalue weighted by atomic mass is 10.0. The van der Waals surface area contributed by atoms with E-state index in [9.17, 15) is 9.90 Å². The number of rotatable bonds is 6. The number of benzene rings is 3. The average molecular weight is 476 g/mol. The number of nitrogens with zero attached hydrogens (tertiary/aromatic N) is 1. The molecule has 0 aliphatic rings. The molecule has 0 aromatic heterocycles. The second-order valence-corrected chi connectivity index (χ2v) is 6.76. The van der Waals surface area contributed by atoms with Gasteiger partial charge >= 0.3 is 0 Å². The zero-order valence-electron chi connectivity index (χ0n) is 14.5. The van der Waals surface area contributed by atoms with Gasteiger partial charge in [0.25, 0.3) is 5.91 Å². The van der Waals surface area contributed by atoms with Gasteiger partial charge in [-0.2, -0.15) is 5.10 Å². The molecule has 7 heteroatoms. The van der Waals surface area contributed by atoms with Crippen LogP contribution in [0.25, 0.3) is 10.8 Å². The topological polar surface area (TPSA) is 80.2 Å². The van der Waals surface area contributed by atoms with Crippen LogP contribution in [-0.2, 0) is 4.79 Å². The second-order valence-electron chi connectivity index (χ2n) is 5.60. The van der Waals surface area contributed by atoms with Crippen LogP contribution in [0.1, 0.15) is 5.56 Å². The van der Waals surface area contributed by atoms with E-state index in [0.29, 0.717) is 11.3 Å². The number of hydrogen-bond donors (Lipinski definition) is 2. The number of aromatic hydroxyl groups is 1. The van der Waals surface area contributed by atoms with Gasteiger partial charge in [0.05, 0.1) is 16.9 Å². The third-order valence-corrected chi connectivity index (χ3v) is 4.67. The van der Waals surface area contributed by atoms with Crippen LogP contribution >= 0.6 is 22.6 Å². The van der Waals surface area contributed by atoms with Crippen molar-refractivity contribution in [2.24, 2.45) is 5.10 Å². The summed E-state index contributed by atoms with van der Waals surface area (Å²) in [6.07, 6.45) is 1.42. The third-order valence-electron chi connectivity index (χ3n) is 3.83. The van der Waals surface area contributed by atoms with Gasteiger partial charge < -0.3 is 14.6 Å². The number of phenols is 1. The number of hydrazone groups is 1. The van der Waals surface area contributed by atoms with E-state index < -0.39 is 5.91 Å². The van der Waals surface area contributed by atoms with Gasteiger partial charge in [0.2, 0.25) is 0 Å². The fourth-order valence-electron chi connectivity index (χ4n) is 2.49. The number of nitrogens with one attached hydrogen (secondary N) is 1. The molecule has 3 aromatic carbocycles. The normalized spacial score (nSPS) is 10.9. The first-order chi connectivity index (χ1) is 13.1. The van der Waals surface area contributed by atoms with Crippen molar-refractivity contribution in [3.63, 3.8) is 0 Å². The molecule has 138 valence electrons. The van der Waals surface area contributed by atoms with Crippen molar-refractivity contribution in [1.82, 2.24) is 5.43 Å². The molecule has 0 bridgehead atoms. The molecular weight excluding hydrogens is 459 g/mol. The Hall–Kier alpha value is -2.81. The number of hydrogen-bond acceptors (Lipinski definition) is 5. The fourth-order valence-corrected chi connectivity index (χ4v) is 3.13. The first-order valence-electron chi connectivity index (χ1n) is 8.07. The fraction of sp³-hybridized carbons (Fsp3) is 0.100. The quantitative estimate of drug-likeness (QED) is 0.323. The first kappa shape index (κ1) is 19.0. The molecule has 0 atom stereocenters. The van der Waals surface area contributed by atoms with Crippen molar-refractivity contribution in [2.45, 2.75) is 0 Å². The van der Waals surface area contributed by atoms with Crippen molar-refractivity contribution < 1.29 is 19.4 Å². The number of ether oxygens (including phenoxy) is 2. The Morgan fingerprint density at radius 1 is 1.22 bits per heavy atom. The van der Waals surface area contributed by atoms with Gasteiger partial charge in [-0.3, -0.25) is 4.79 Å². The number of methoxy groups -OCH3 is 1. The monoisotopic (exact) mass is 476 g/mol. The Morgan fingerprint density at radius 2 is 2.04 bits per heavy atom. The summed E-state index contributed by atoms with van der Waals surface area (Å²) in [5.74, 6) is 0.992. The van der Waals surface area contributed by atoms with Crippen molar-refractivity contribution >= 4 is 45.5 Å². The van der Waals surface area contributed by atoms with E-state index in [1.165, 1.54) is 6.21 Å². The summed E-state index contributed by atoms with van der Waals surface area (Å²) in [6.45, 7) is -0.179. The van der Waals surface area contributed by atoms with Gasteiger partial charge in [-0.25, -0.2) is 5.43 Å². The average Bonchev–Trinajstić information content (AvgIpc) is 2.68. The minimum absolute atomic E-state index is 0.0933. The van der Waals surface area contributed by atoms with E-state index in [1.807, 2.05) is 36.4 Å². The molecule has 0 aliphatic heterocycles. The highest BCUT2D eigenvalue weighted by Crippen LogP contribution is 2.26. The summed E-state index contributed by atoms with van der Waals surface area (Å²) in [5.41, 5.74) is 2.94. The molecule has 0 heterocycles. The number of phenolic OH excluding ortho intramolecular Hbond substituents is 1. The minimum Gasteiger partial charge on any atom is -0.507 e. The molecule has 0 aliphatic carbocycles. The van der Waals surface area contributed by atoms with Crippen LogP contribution in [0.2, 0.25) is 0 Å². The summed E-state index contributed by atoms with van der Waals surface area (Å²) >= 11 is 2.11. The Morgan fingerprint density at radius 3 is 2.81 bits per heavy atom. The van der Waals surface area contributed by atoms with E-state index in [0.717, 1.165) is 20.1 Å². The largest absolute Gasteiger partial charge is 0.507 e. The van der Waals surface area contributed by atoms with Gasteiger partial charge in [-0.05, 0) is 57.6 Å². The standard InChI is InChI=1S/C20H17IN2O4/c1-26-14-7-9-19(17(21)10-14)27-12-20(25)23-22-11-16-15-5-3-2-4-13(15)6-8-18(16)24/h2-11,24H,12H2,1H3,(H,23,25). The van der Waals surface area contributed by atoms with Crippen molar-refractivity contribution in [1.29, 1.82) is 0 Å². The smallest absolute Gasteiger partial charge is 0.277 e. The van der Waals surface area contributed by atoms with Crippen LogP contribution in [0.5, 0.6) is 17.2 Å². The van der Waals surface area contributed by atoms with Gasteiger partial charge in [0.15, 0.2) is 6.61 Å². The molecule has 0 radical (unpaired) electrons. The van der Waals surface area contributed by atoms with Crippen LogP contribution in [0.15, 0.2) is 59.7 Å². The van der Waals surface area contributed by atoms with Crippen LogP contribution in [0.3, 0.4) is 0 Å². The molecular formula is C20H17IN2O4. The van der Waals surface area contributed by atoms with Crippen LogP contribution in [0.4, 0.5) is 0 Å². The molecule has 0 spiro atoms. The zero-order valence-corrected chi connectivity index (χ0v) is 16.6. The number of halogens is 1. The van der Waals surface area contributed by atoms with Gasteiger partial charge in [0, 0.05) is 5.56 Å². The minimum atomic E-state index is -0.405. The molecule has 6 nitrogen and oxygen atoms in total. The van der Waals surface area contributed by atoms with E-state index in [1.54, 1.807) is 25.3 Å². The lowest BCUT2D eigenvalue weighted by Crippen LogP contribution is -2.24. The molecule has 2 N–H and O–H groups in total. The molecule has 0 unspecified atom stereocenters. The highest BCUT2D eigenvalue weighted by molar-refractivity contribution is 14.1. The first-order valence-corrected chi connectivity index (χ1v) is 9.15. The van der Waals surface area contributed by atoms with Gasteiger partial charge in [0.1, 0.15) is 17.2 Å². The van der Waals surface area contributed by atoms with Crippen molar-refractivity contribution in [3.8, 4) is 17.2 Å². The molecule has 0 saturated carbocycles. The Bertz CT molecular complexity index is 1000. The Kier molecular flexibility index (Phi) is 6.12. The van der Waals surface area contributed by atoms with Crippen molar-refractivity contribution in [3.05, 3.63) is 63.7 Å². The lowest BCUT2D eigenvalue weighted by Gasteiger charge is -2.08. The van der Waals surface area contributed by atoms with E-state index in [-0.39, 0.29) is 12.4 Å². The molecule has 0 saturated heterocycles. The summed E-state index contributed by atoms with van der Waals surface area (Å²) < 4.78 is 11.5. The van der Waals surface area contributed by atoms with Gasteiger partial charge in [-0.15, -0.1) is 0 Å². The summed E-state index contributed by atoms with van der Waals surface area (Å²) in [5, 5.41) is 15.8. The summed E-state index contributed by atoms with van der Waals surface area (Å²) in [7, 11) is 1.59. The number of amides is 1. The molecule has 27 heavy (non-hydrogen) atoms. The Balaban J connectivity index is 1.62. The maximum absolute atomic E-state index is 12.0. The van der Waals surface area contributed by atoms with Crippen LogP contribution in [-0.4, -0.2) is 30.9 Å². The molecule has 3 rings (SSSR count). The summed E-state index contributed by atoms with van der Waals surface area (Å²) in [4.78, 5) is 12.0. The van der Waals surface area contributed by atoms with Crippen LogP contribution < -0.4 is 14.9 Å². The van der Waals surface area contributed by atoms with Crippen molar-refractivity contribution in [2.75, 3.05) is 13.7 Å². The SMILES string of the molecule is COc1ccc(OCC(=O)NN=Cc2c(O)ccc3ccccc23)c(I)c1. The number of carbonyl (C=O) groups is 1. The number of fused-ring (bicyclic) bond motifs is 1. The second kappa shape index (κ2) is 8.72. The van der Waals surface area contributed by atoms with E-state index >= 15 is 0 Å². The molecule has 0 fully saturated rings. The van der Waals surface area contributed by atoms with E-state index in [4.69, 9.17) is 9.47 Å². The predicted molar refractivity (Wildman–Crippen MR) is 113 cm³/mol. The number of carbonyl (C=O) groups excluding carboxylic acids is 1. The highest BCUT2D eigenvalue weighted by atomic mass is 127. The summed E-state index contributed by atoms with van der Waals surface area (Å²) in [6, 6.07) is 16.4. The lowest BCUT2D eigenvalue weighted by molar-refractivity contribution is -0.123. The maximum atomic E-state index is 12.0. The maximum Gasteiger partial charge on any atom is 0.277 e. The third kappa shape index (κ3) is 4.68. The molecule has 3 aromatic rings. The van der Waals surface area contributed by atoms with E-state index in [2.05, 4.69) is 33.1 Å². The van der Waals surface area contributed by atoms with Gasteiger partial charge in [-0.1, -0.05) is 30.3 Å². The zero-order chi connectivity index (χ0) is 19.2. The predicted octanol–water partition coefficient (Wildman–Crippen LogP) is 3.69. The highest BCUT2D eigenvalue weighted by Gasteiger charge is 2.07.